The van der Waals surface area contributed by atoms with Gasteiger partial charge in [-0.2, -0.15) is 5.10 Å². The number of ether oxygens (including phenoxy) is 1. The van der Waals surface area contributed by atoms with Crippen LogP contribution in [0.3, 0.4) is 0 Å². The summed E-state index contributed by atoms with van der Waals surface area (Å²) < 4.78 is 8.13. The van der Waals surface area contributed by atoms with Crippen LogP contribution in [0.4, 0.5) is 5.69 Å². The summed E-state index contributed by atoms with van der Waals surface area (Å²) >= 11 is 0. The van der Waals surface area contributed by atoms with E-state index in [4.69, 9.17) is 4.74 Å². The summed E-state index contributed by atoms with van der Waals surface area (Å²) in [5.74, 6) is 0.632. The Bertz CT molecular complexity index is 1310. The van der Waals surface area contributed by atoms with Gasteiger partial charge in [0.2, 0.25) is 0 Å². The average molecular weight is 435 g/mol. The summed E-state index contributed by atoms with van der Waals surface area (Å²) in [6, 6.07) is 13.7. The first-order chi connectivity index (χ1) is 15.5. The number of aliphatic hydroxyl groups is 1. The highest BCUT2D eigenvalue weighted by Crippen LogP contribution is 2.23. The van der Waals surface area contributed by atoms with Crippen LogP contribution in [0.15, 0.2) is 65.8 Å². The van der Waals surface area contributed by atoms with Gasteiger partial charge in [0.05, 0.1) is 17.7 Å². The number of nitro groups is 1. The van der Waals surface area contributed by atoms with Crippen molar-refractivity contribution in [2.24, 2.45) is 0 Å². The molecule has 0 aliphatic carbocycles. The zero-order valence-corrected chi connectivity index (χ0v) is 17.3. The number of fused-ring (bicyclic) bond motifs is 1. The van der Waals surface area contributed by atoms with Crippen LogP contribution >= 0.6 is 0 Å². The number of aliphatic hydroxyl groups excluding tert-OH is 1. The quantitative estimate of drug-likeness (QED) is 0.333. The Morgan fingerprint density at radius 2 is 1.94 bits per heavy atom. The molecule has 2 heterocycles. The minimum atomic E-state index is -0.942. The van der Waals surface area contributed by atoms with Crippen LogP contribution in [0, 0.1) is 10.1 Å². The number of nitro benzene ring substituents is 1. The second-order valence-corrected chi connectivity index (χ2v) is 7.20. The van der Waals surface area contributed by atoms with Crippen molar-refractivity contribution in [1.82, 2.24) is 19.3 Å². The topological polar surface area (TPSA) is 125 Å². The highest BCUT2D eigenvalue weighted by atomic mass is 16.6. The Morgan fingerprint density at radius 1 is 1.19 bits per heavy atom. The molecule has 10 heteroatoms. The molecule has 164 valence electrons. The molecule has 0 amide bonds. The third-order valence-corrected chi connectivity index (χ3v) is 5.04. The van der Waals surface area contributed by atoms with Gasteiger partial charge in [-0.3, -0.25) is 19.5 Å². The van der Waals surface area contributed by atoms with E-state index in [1.165, 1.54) is 39.5 Å². The molecule has 4 aromatic rings. The lowest BCUT2D eigenvalue weighted by atomic mass is 10.2. The van der Waals surface area contributed by atoms with Gasteiger partial charge in [-0.25, -0.2) is 9.67 Å². The van der Waals surface area contributed by atoms with Crippen molar-refractivity contribution in [3.63, 3.8) is 0 Å². The van der Waals surface area contributed by atoms with E-state index in [-0.39, 0.29) is 35.6 Å². The van der Waals surface area contributed by atoms with Gasteiger partial charge in [-0.15, -0.1) is 0 Å². The first-order valence-electron chi connectivity index (χ1n) is 10.0. The fourth-order valence-electron chi connectivity index (χ4n) is 3.35. The van der Waals surface area contributed by atoms with Crippen molar-refractivity contribution in [3.8, 4) is 11.4 Å². The summed E-state index contributed by atoms with van der Waals surface area (Å²) in [7, 11) is 0. The minimum Gasteiger partial charge on any atom is -0.491 e. The van der Waals surface area contributed by atoms with Crippen LogP contribution < -0.4 is 10.3 Å². The second kappa shape index (κ2) is 8.98. The van der Waals surface area contributed by atoms with E-state index in [1.807, 2.05) is 24.3 Å². The number of aromatic nitrogens is 4. The molecule has 0 aliphatic heterocycles. The molecular weight excluding hydrogens is 414 g/mol. The van der Waals surface area contributed by atoms with E-state index in [0.717, 1.165) is 6.42 Å². The zero-order chi connectivity index (χ0) is 22.7. The fraction of sp³-hybridized carbons (Fsp3) is 0.227. The summed E-state index contributed by atoms with van der Waals surface area (Å²) in [4.78, 5) is 27.9. The van der Waals surface area contributed by atoms with Gasteiger partial charge in [0.15, 0.2) is 5.65 Å². The van der Waals surface area contributed by atoms with Crippen LogP contribution in [0.25, 0.3) is 16.7 Å². The molecule has 10 nitrogen and oxygen atoms in total. The summed E-state index contributed by atoms with van der Waals surface area (Å²) in [5, 5.41) is 26.0. The Morgan fingerprint density at radius 3 is 2.66 bits per heavy atom. The molecule has 32 heavy (non-hydrogen) atoms. The molecule has 0 saturated carbocycles. The normalized spacial score (nSPS) is 12.1. The van der Waals surface area contributed by atoms with Crippen LogP contribution in [-0.2, 0) is 13.0 Å². The van der Waals surface area contributed by atoms with Crippen molar-refractivity contribution >= 4 is 16.7 Å². The van der Waals surface area contributed by atoms with Gasteiger partial charge in [-0.05, 0) is 30.2 Å². The van der Waals surface area contributed by atoms with Crippen molar-refractivity contribution < 1.29 is 14.8 Å². The number of hydrogen-bond acceptors (Lipinski definition) is 7. The molecular formula is C22H21N5O5. The smallest absolute Gasteiger partial charge is 0.294 e. The van der Waals surface area contributed by atoms with Crippen molar-refractivity contribution in [3.05, 3.63) is 87.1 Å². The standard InChI is InChI=1S/C22H21N5O5/c1-2-15-7-9-17(10-8-15)32-13-16(28)12-25-14-23-21-18(22(25)29)11-24-26(21)19-5-3-4-6-20(19)27(30)31/h3-11,14,16,28H,2,12-13H2,1H3. The minimum absolute atomic E-state index is 0.00538. The maximum atomic E-state index is 12.9. The SMILES string of the molecule is CCc1ccc(OCC(O)Cn2cnc3c(cnn3-c3ccccc3[N+](=O)[O-])c2=O)cc1. The lowest BCUT2D eigenvalue weighted by Crippen LogP contribution is -2.30. The lowest BCUT2D eigenvalue weighted by molar-refractivity contribution is -0.384. The van der Waals surface area contributed by atoms with Crippen molar-refractivity contribution in [2.75, 3.05) is 6.61 Å². The molecule has 1 unspecified atom stereocenters. The molecule has 4 rings (SSSR count). The van der Waals surface area contributed by atoms with E-state index in [1.54, 1.807) is 12.1 Å². The maximum absolute atomic E-state index is 12.9. The Labute approximate surface area is 182 Å². The summed E-state index contributed by atoms with van der Waals surface area (Å²) in [6.07, 6.45) is 2.59. The van der Waals surface area contributed by atoms with Crippen molar-refractivity contribution in [2.45, 2.75) is 26.0 Å². The van der Waals surface area contributed by atoms with Gasteiger partial charge < -0.3 is 9.84 Å². The number of nitrogens with zero attached hydrogens (tertiary/aromatic N) is 5. The Hall–Kier alpha value is -4.05. The highest BCUT2D eigenvalue weighted by Gasteiger charge is 2.19. The maximum Gasteiger partial charge on any atom is 0.294 e. The number of hydrogen-bond donors (Lipinski definition) is 1. The molecule has 0 bridgehead atoms. The molecule has 0 radical (unpaired) electrons. The third-order valence-electron chi connectivity index (χ3n) is 5.04. The molecule has 1 N–H and O–H groups in total. The molecule has 2 aromatic carbocycles. The van der Waals surface area contributed by atoms with E-state index in [0.29, 0.717) is 5.75 Å². The average Bonchev–Trinajstić information content (AvgIpc) is 3.24. The number of rotatable bonds is 8. The second-order valence-electron chi connectivity index (χ2n) is 7.20. The zero-order valence-electron chi connectivity index (χ0n) is 17.3. The monoisotopic (exact) mass is 435 g/mol. The summed E-state index contributed by atoms with van der Waals surface area (Å²) in [5.41, 5.74) is 1.03. The fourth-order valence-corrected chi connectivity index (χ4v) is 3.35. The summed E-state index contributed by atoms with van der Waals surface area (Å²) in [6.45, 7) is 2.05. The third kappa shape index (κ3) is 4.21. The van der Waals surface area contributed by atoms with Crippen LogP contribution in [-0.4, -0.2) is 42.1 Å². The van der Waals surface area contributed by atoms with E-state index in [2.05, 4.69) is 17.0 Å². The van der Waals surface area contributed by atoms with Gasteiger partial charge in [0.1, 0.15) is 35.9 Å². The molecule has 0 aliphatic rings. The molecule has 0 saturated heterocycles. The number of para-hydroxylation sites is 2. The lowest BCUT2D eigenvalue weighted by Gasteiger charge is -2.14. The molecule has 0 spiro atoms. The number of benzene rings is 2. The predicted octanol–water partition coefficient (Wildman–Crippen LogP) is 2.49. The predicted molar refractivity (Wildman–Crippen MR) is 117 cm³/mol. The largest absolute Gasteiger partial charge is 0.491 e. The Balaban J connectivity index is 1.53. The molecule has 2 aromatic heterocycles. The van der Waals surface area contributed by atoms with Gasteiger partial charge in [-0.1, -0.05) is 31.2 Å². The van der Waals surface area contributed by atoms with Crippen LogP contribution in [0.5, 0.6) is 5.75 Å². The van der Waals surface area contributed by atoms with E-state index < -0.39 is 16.6 Å². The first kappa shape index (κ1) is 21.2. The van der Waals surface area contributed by atoms with Gasteiger partial charge in [0.25, 0.3) is 11.2 Å². The molecule has 1 atom stereocenters. The number of aryl methyl sites for hydroxylation is 1. The molecule has 0 fully saturated rings. The van der Waals surface area contributed by atoms with E-state index >= 15 is 0 Å². The first-order valence-corrected chi connectivity index (χ1v) is 10.0. The van der Waals surface area contributed by atoms with Gasteiger partial charge >= 0.3 is 0 Å². The van der Waals surface area contributed by atoms with Crippen LogP contribution in [0.2, 0.25) is 0 Å². The highest BCUT2D eigenvalue weighted by molar-refractivity contribution is 5.76. The van der Waals surface area contributed by atoms with Crippen LogP contribution in [0.1, 0.15) is 12.5 Å². The Kier molecular flexibility index (Phi) is 5.95. The van der Waals surface area contributed by atoms with E-state index in [9.17, 15) is 20.0 Å². The van der Waals surface area contributed by atoms with Gasteiger partial charge in [0, 0.05) is 6.07 Å². The van der Waals surface area contributed by atoms with Crippen molar-refractivity contribution in [1.29, 1.82) is 0 Å².